The van der Waals surface area contributed by atoms with Crippen molar-refractivity contribution in [3.05, 3.63) is 36.0 Å². The molecule has 0 amide bonds. The second-order valence-electron chi connectivity index (χ2n) is 8.68. The summed E-state index contributed by atoms with van der Waals surface area (Å²) in [5.74, 6) is -1.20. The molecule has 2 fully saturated rings. The summed E-state index contributed by atoms with van der Waals surface area (Å²) in [4.78, 5) is 28.7. The fourth-order valence-electron chi connectivity index (χ4n) is 4.18. The van der Waals surface area contributed by atoms with E-state index in [0.717, 1.165) is 5.57 Å². The number of hydrogen-bond acceptors (Lipinski definition) is 7. The molecule has 7 heteroatoms. The van der Waals surface area contributed by atoms with Crippen molar-refractivity contribution in [1.29, 1.82) is 0 Å². The molecular weight excluding hydrogens is 376 g/mol. The van der Waals surface area contributed by atoms with Crippen molar-refractivity contribution in [2.24, 2.45) is 5.92 Å². The van der Waals surface area contributed by atoms with Gasteiger partial charge in [0.25, 0.3) is 0 Å². The van der Waals surface area contributed by atoms with E-state index in [-0.39, 0.29) is 17.6 Å². The van der Waals surface area contributed by atoms with Crippen LogP contribution in [0.15, 0.2) is 36.0 Å². The van der Waals surface area contributed by atoms with Crippen molar-refractivity contribution < 1.29 is 33.9 Å². The van der Waals surface area contributed by atoms with E-state index in [0.29, 0.717) is 31.3 Å². The van der Waals surface area contributed by atoms with E-state index in [1.165, 1.54) is 6.92 Å². The van der Waals surface area contributed by atoms with Gasteiger partial charge in [-0.15, -0.1) is 0 Å². The van der Waals surface area contributed by atoms with Gasteiger partial charge in [-0.2, -0.15) is 0 Å². The zero-order valence-corrected chi connectivity index (χ0v) is 17.5. The highest BCUT2D eigenvalue weighted by Crippen LogP contribution is 2.47. The van der Waals surface area contributed by atoms with Crippen molar-refractivity contribution >= 4 is 11.9 Å². The topological polar surface area (TPSA) is 94.6 Å². The Morgan fingerprint density at radius 1 is 1.38 bits per heavy atom. The smallest absolute Gasteiger partial charge is 0.334 e. The van der Waals surface area contributed by atoms with E-state index in [1.807, 2.05) is 32.1 Å². The molecular formula is C22H30O7. The van der Waals surface area contributed by atoms with E-state index < -0.39 is 29.7 Å². The summed E-state index contributed by atoms with van der Waals surface area (Å²) < 4.78 is 17.1. The third-order valence-electron chi connectivity index (χ3n) is 6.20. The van der Waals surface area contributed by atoms with Crippen LogP contribution in [0.2, 0.25) is 0 Å². The lowest BCUT2D eigenvalue weighted by atomic mass is 9.84. The Morgan fingerprint density at radius 3 is 2.76 bits per heavy atom. The minimum Gasteiger partial charge on any atom is -0.454 e. The molecule has 0 saturated carbocycles. The van der Waals surface area contributed by atoms with Gasteiger partial charge in [-0.1, -0.05) is 24.8 Å². The molecule has 160 valence electrons. The fraction of sp³-hybridized carbons (Fsp3) is 0.636. The normalized spacial score (nSPS) is 40.2. The van der Waals surface area contributed by atoms with Crippen LogP contribution >= 0.6 is 0 Å². The average molecular weight is 406 g/mol. The number of fused-ring (bicyclic) bond motifs is 2. The first kappa shape index (κ1) is 21.7. The van der Waals surface area contributed by atoms with E-state index >= 15 is 0 Å². The Labute approximate surface area is 171 Å². The molecule has 0 unspecified atom stereocenters. The first-order valence-corrected chi connectivity index (χ1v) is 10.0. The maximum atomic E-state index is 12.3. The van der Waals surface area contributed by atoms with Gasteiger partial charge in [-0.05, 0) is 52.0 Å². The molecule has 29 heavy (non-hydrogen) atoms. The summed E-state index contributed by atoms with van der Waals surface area (Å²) in [5.41, 5.74) is -0.0370. The van der Waals surface area contributed by atoms with Gasteiger partial charge < -0.3 is 14.2 Å². The second-order valence-corrected chi connectivity index (χ2v) is 8.68. The molecule has 2 aliphatic heterocycles. The molecule has 6 atom stereocenters. The molecule has 1 aliphatic carbocycles. The summed E-state index contributed by atoms with van der Waals surface area (Å²) in [7, 11) is 0. The molecule has 3 rings (SSSR count). The lowest BCUT2D eigenvalue weighted by Crippen LogP contribution is -2.37. The standard InChI is InChI=1S/C22H30O7/c1-13-8-6-9-21(4,29-25)10-7-11-22(5)17(28-22)12-16-14(2)20(24)27-19(16)18(13)26-15(3)23/h7-8,10,16-19,25H,2,6,9,11-12H2,1,3-5H3/t16-,17+,18+,19-,21+,22+/m1/s1. The molecule has 1 N–H and O–H groups in total. The Kier molecular flexibility index (Phi) is 6.03. The van der Waals surface area contributed by atoms with Crippen LogP contribution in [0.5, 0.6) is 0 Å². The zero-order chi connectivity index (χ0) is 21.4. The van der Waals surface area contributed by atoms with Crippen molar-refractivity contribution in [3.8, 4) is 0 Å². The van der Waals surface area contributed by atoms with Gasteiger partial charge in [0.1, 0.15) is 11.7 Å². The molecule has 0 aromatic heterocycles. The average Bonchev–Trinajstić information content (AvgIpc) is 3.21. The highest BCUT2D eigenvalue weighted by atomic mass is 17.1. The predicted octanol–water partition coefficient (Wildman–Crippen LogP) is 3.50. The molecule has 0 aromatic carbocycles. The number of epoxide rings is 1. The number of allylic oxidation sites excluding steroid dienone is 1. The summed E-state index contributed by atoms with van der Waals surface area (Å²) in [5, 5.41) is 9.37. The number of rotatable bonds is 2. The molecule has 2 saturated heterocycles. The highest BCUT2D eigenvalue weighted by molar-refractivity contribution is 5.91. The summed E-state index contributed by atoms with van der Waals surface area (Å²) in [6.07, 6.45) is 6.62. The quantitative estimate of drug-likeness (QED) is 0.187. The molecule has 0 spiro atoms. The minimum absolute atomic E-state index is 0.0718. The minimum atomic E-state index is -0.838. The first-order chi connectivity index (χ1) is 13.6. The Balaban J connectivity index is 1.95. The summed E-state index contributed by atoms with van der Waals surface area (Å²) in [6.45, 7) is 10.9. The van der Waals surface area contributed by atoms with Crippen LogP contribution < -0.4 is 0 Å². The Morgan fingerprint density at radius 2 is 2.10 bits per heavy atom. The van der Waals surface area contributed by atoms with Gasteiger partial charge in [0.2, 0.25) is 0 Å². The molecule has 2 heterocycles. The van der Waals surface area contributed by atoms with E-state index in [4.69, 9.17) is 19.1 Å². The number of esters is 2. The van der Waals surface area contributed by atoms with E-state index in [2.05, 4.69) is 6.58 Å². The second kappa shape index (κ2) is 8.05. The van der Waals surface area contributed by atoms with Crippen molar-refractivity contribution in [2.45, 2.75) is 82.9 Å². The zero-order valence-electron chi connectivity index (χ0n) is 17.5. The van der Waals surface area contributed by atoms with Crippen LogP contribution in [0.1, 0.15) is 53.4 Å². The number of ether oxygens (including phenoxy) is 3. The molecule has 3 aliphatic rings. The van der Waals surface area contributed by atoms with Crippen molar-refractivity contribution in [2.75, 3.05) is 0 Å². The molecule has 7 nitrogen and oxygen atoms in total. The van der Waals surface area contributed by atoms with Crippen LogP contribution in [0.25, 0.3) is 0 Å². The van der Waals surface area contributed by atoms with Crippen LogP contribution in [-0.2, 0) is 28.7 Å². The van der Waals surface area contributed by atoms with E-state index in [1.54, 1.807) is 6.92 Å². The van der Waals surface area contributed by atoms with Crippen LogP contribution in [0.3, 0.4) is 0 Å². The Hall–Kier alpha value is -1.96. The van der Waals surface area contributed by atoms with Crippen LogP contribution in [0, 0.1) is 5.92 Å². The van der Waals surface area contributed by atoms with Gasteiger partial charge in [0, 0.05) is 18.4 Å². The van der Waals surface area contributed by atoms with Gasteiger partial charge in [0.05, 0.1) is 11.7 Å². The SMILES string of the molecule is C=C1C(=O)O[C@@H]2[C@@H]1C[C@@H]1O[C@@]1(C)CC=C[C@@](C)(OO)CCC=C(C)[C@@H]2OC(C)=O. The first-order valence-electron chi connectivity index (χ1n) is 10.0. The number of carbonyl (C=O) groups excluding carboxylic acids is 2. The van der Waals surface area contributed by atoms with Crippen molar-refractivity contribution in [3.63, 3.8) is 0 Å². The van der Waals surface area contributed by atoms with Crippen LogP contribution in [-0.4, -0.2) is 46.7 Å². The maximum Gasteiger partial charge on any atom is 0.334 e. The fourth-order valence-corrected chi connectivity index (χ4v) is 4.18. The van der Waals surface area contributed by atoms with Crippen molar-refractivity contribution in [1.82, 2.24) is 0 Å². The van der Waals surface area contributed by atoms with Gasteiger partial charge in [0.15, 0.2) is 6.10 Å². The predicted molar refractivity (Wildman–Crippen MR) is 105 cm³/mol. The molecule has 0 radical (unpaired) electrons. The summed E-state index contributed by atoms with van der Waals surface area (Å²) >= 11 is 0. The van der Waals surface area contributed by atoms with Gasteiger partial charge in [-0.3, -0.25) is 10.1 Å². The van der Waals surface area contributed by atoms with Gasteiger partial charge in [-0.25, -0.2) is 9.68 Å². The lowest BCUT2D eigenvalue weighted by Gasteiger charge is -2.28. The maximum absolute atomic E-state index is 12.3. The molecule has 0 bridgehead atoms. The summed E-state index contributed by atoms with van der Waals surface area (Å²) in [6, 6.07) is 0. The van der Waals surface area contributed by atoms with E-state index in [9.17, 15) is 14.8 Å². The Bertz CT molecular complexity index is 754. The highest BCUT2D eigenvalue weighted by Gasteiger charge is 2.56. The monoisotopic (exact) mass is 406 g/mol. The van der Waals surface area contributed by atoms with Crippen LogP contribution in [0.4, 0.5) is 0 Å². The lowest BCUT2D eigenvalue weighted by molar-refractivity contribution is -0.303. The number of carbonyl (C=O) groups is 2. The third-order valence-corrected chi connectivity index (χ3v) is 6.20. The molecule has 0 aromatic rings. The third kappa shape index (κ3) is 4.63. The van der Waals surface area contributed by atoms with Gasteiger partial charge >= 0.3 is 11.9 Å². The largest absolute Gasteiger partial charge is 0.454 e. The number of hydrogen-bond donors (Lipinski definition) is 1.